The maximum Gasteiger partial charge on any atom is 0.326 e. The van der Waals surface area contributed by atoms with Gasteiger partial charge in [-0.1, -0.05) is 11.6 Å². The van der Waals surface area contributed by atoms with E-state index in [0.29, 0.717) is 5.02 Å². The Balaban J connectivity index is 2.85. The van der Waals surface area contributed by atoms with Crippen molar-refractivity contribution in [3.8, 4) is 5.75 Å². The Kier molecular flexibility index (Phi) is 3.64. The van der Waals surface area contributed by atoms with Crippen LogP contribution in [-0.4, -0.2) is 13.1 Å². The fourth-order valence-corrected chi connectivity index (χ4v) is 1.44. The lowest BCUT2D eigenvalue weighted by atomic mass is 10.3. The van der Waals surface area contributed by atoms with E-state index in [1.807, 2.05) is 0 Å². The summed E-state index contributed by atoms with van der Waals surface area (Å²) >= 11 is 11.0. The van der Waals surface area contributed by atoms with Crippen molar-refractivity contribution in [1.29, 1.82) is 0 Å². The standard InChI is InChI=1S/C8H8Cl2O3S/c1-6(9)14(11,12)13-8-4-2-7(10)3-5-8/h2-6H,1H3. The van der Waals surface area contributed by atoms with Crippen LogP contribution in [-0.2, 0) is 10.1 Å². The first kappa shape index (κ1) is 11.6. The van der Waals surface area contributed by atoms with E-state index in [1.165, 1.54) is 31.2 Å². The Labute approximate surface area is 92.7 Å². The molecule has 1 rings (SSSR count). The Hall–Kier alpha value is -0.450. The van der Waals surface area contributed by atoms with Gasteiger partial charge in [0.15, 0.2) is 4.71 Å². The molecule has 0 amide bonds. The third-order valence-electron chi connectivity index (χ3n) is 1.42. The molecular formula is C8H8Cl2O3S. The van der Waals surface area contributed by atoms with Crippen LogP contribution in [0.1, 0.15) is 6.92 Å². The lowest BCUT2D eigenvalue weighted by Crippen LogP contribution is -2.17. The van der Waals surface area contributed by atoms with Gasteiger partial charge in [-0.3, -0.25) is 0 Å². The lowest BCUT2D eigenvalue weighted by molar-refractivity contribution is 0.484. The van der Waals surface area contributed by atoms with Gasteiger partial charge < -0.3 is 4.18 Å². The van der Waals surface area contributed by atoms with Gasteiger partial charge in [-0.25, -0.2) is 0 Å². The van der Waals surface area contributed by atoms with Crippen LogP contribution in [0, 0.1) is 0 Å². The monoisotopic (exact) mass is 254 g/mol. The number of hydrogen-bond acceptors (Lipinski definition) is 3. The number of halogens is 2. The Morgan fingerprint density at radius 3 is 2.21 bits per heavy atom. The van der Waals surface area contributed by atoms with Crippen molar-refractivity contribution in [2.45, 2.75) is 11.6 Å². The second-order valence-electron chi connectivity index (χ2n) is 2.57. The minimum absolute atomic E-state index is 0.196. The zero-order chi connectivity index (χ0) is 10.8. The van der Waals surface area contributed by atoms with Crippen LogP contribution in [0.15, 0.2) is 24.3 Å². The van der Waals surface area contributed by atoms with Gasteiger partial charge in [-0.05, 0) is 31.2 Å². The van der Waals surface area contributed by atoms with E-state index >= 15 is 0 Å². The molecule has 1 unspecified atom stereocenters. The summed E-state index contributed by atoms with van der Waals surface area (Å²) in [5, 5.41) is 0.508. The van der Waals surface area contributed by atoms with E-state index in [2.05, 4.69) is 0 Å². The Bertz CT molecular complexity index is 397. The summed E-state index contributed by atoms with van der Waals surface area (Å²) in [6, 6.07) is 5.98. The summed E-state index contributed by atoms with van der Waals surface area (Å²) in [5.74, 6) is 0.196. The molecule has 0 aliphatic heterocycles. The van der Waals surface area contributed by atoms with E-state index in [1.54, 1.807) is 0 Å². The van der Waals surface area contributed by atoms with Crippen LogP contribution < -0.4 is 4.18 Å². The van der Waals surface area contributed by atoms with E-state index in [-0.39, 0.29) is 5.75 Å². The van der Waals surface area contributed by atoms with Crippen LogP contribution >= 0.6 is 23.2 Å². The highest BCUT2D eigenvalue weighted by atomic mass is 35.5. The SMILES string of the molecule is CC(Cl)S(=O)(=O)Oc1ccc(Cl)cc1. The molecule has 1 aromatic carbocycles. The Morgan fingerprint density at radius 2 is 1.79 bits per heavy atom. The molecule has 0 aliphatic carbocycles. The van der Waals surface area contributed by atoms with Crippen LogP contribution in [0.25, 0.3) is 0 Å². The van der Waals surface area contributed by atoms with Crippen molar-refractivity contribution in [3.05, 3.63) is 29.3 Å². The average Bonchev–Trinajstić information content (AvgIpc) is 2.08. The number of hydrogen-bond donors (Lipinski definition) is 0. The second kappa shape index (κ2) is 4.38. The van der Waals surface area contributed by atoms with E-state index in [9.17, 15) is 8.42 Å². The molecule has 0 saturated carbocycles. The highest BCUT2D eigenvalue weighted by Gasteiger charge is 2.19. The maximum absolute atomic E-state index is 11.2. The average molecular weight is 255 g/mol. The maximum atomic E-state index is 11.2. The summed E-state index contributed by atoms with van der Waals surface area (Å²) in [4.78, 5) is 0. The fourth-order valence-electron chi connectivity index (χ4n) is 0.691. The van der Waals surface area contributed by atoms with Gasteiger partial charge in [0.05, 0.1) is 0 Å². The predicted octanol–water partition coefficient (Wildman–Crippen LogP) is 2.63. The van der Waals surface area contributed by atoms with Crippen molar-refractivity contribution in [1.82, 2.24) is 0 Å². The van der Waals surface area contributed by atoms with Gasteiger partial charge >= 0.3 is 10.1 Å². The van der Waals surface area contributed by atoms with Crippen LogP contribution in [0.3, 0.4) is 0 Å². The van der Waals surface area contributed by atoms with Crippen LogP contribution in [0.2, 0.25) is 5.02 Å². The highest BCUT2D eigenvalue weighted by molar-refractivity contribution is 7.89. The molecule has 0 N–H and O–H groups in total. The normalized spacial score (nSPS) is 13.6. The molecule has 0 aliphatic rings. The van der Waals surface area contributed by atoms with Crippen LogP contribution in [0.4, 0.5) is 0 Å². The molecule has 1 aromatic rings. The smallest absolute Gasteiger partial charge is 0.326 e. The van der Waals surface area contributed by atoms with Crippen molar-refractivity contribution < 1.29 is 12.6 Å². The molecule has 14 heavy (non-hydrogen) atoms. The summed E-state index contributed by atoms with van der Waals surface area (Å²) in [6.07, 6.45) is 0. The van der Waals surface area contributed by atoms with E-state index in [4.69, 9.17) is 27.4 Å². The molecule has 6 heteroatoms. The molecule has 0 aromatic heterocycles. The molecule has 1 atom stereocenters. The first-order valence-corrected chi connectivity index (χ1v) is 6.03. The highest BCUT2D eigenvalue weighted by Crippen LogP contribution is 2.19. The quantitative estimate of drug-likeness (QED) is 0.616. The van der Waals surface area contributed by atoms with E-state index in [0.717, 1.165) is 0 Å². The van der Waals surface area contributed by atoms with E-state index < -0.39 is 14.8 Å². The molecule has 0 spiro atoms. The largest absolute Gasteiger partial charge is 0.381 e. The zero-order valence-electron chi connectivity index (χ0n) is 7.28. The minimum atomic E-state index is -3.74. The summed E-state index contributed by atoms with van der Waals surface area (Å²) < 4.78 is 26.0. The van der Waals surface area contributed by atoms with Crippen molar-refractivity contribution in [3.63, 3.8) is 0 Å². The van der Waals surface area contributed by atoms with Crippen molar-refractivity contribution in [2.24, 2.45) is 0 Å². The molecule has 0 radical (unpaired) electrons. The second-order valence-corrected chi connectivity index (χ2v) is 5.78. The third-order valence-corrected chi connectivity index (χ3v) is 3.55. The summed E-state index contributed by atoms with van der Waals surface area (Å²) in [6.45, 7) is 1.33. The molecule has 0 fully saturated rings. The molecule has 0 saturated heterocycles. The van der Waals surface area contributed by atoms with Crippen molar-refractivity contribution >= 4 is 33.3 Å². The van der Waals surface area contributed by atoms with Gasteiger partial charge in [0, 0.05) is 5.02 Å². The van der Waals surface area contributed by atoms with Gasteiger partial charge in [0.2, 0.25) is 0 Å². The topological polar surface area (TPSA) is 43.4 Å². The molecule has 0 bridgehead atoms. The zero-order valence-corrected chi connectivity index (χ0v) is 9.60. The van der Waals surface area contributed by atoms with Crippen molar-refractivity contribution in [2.75, 3.05) is 0 Å². The lowest BCUT2D eigenvalue weighted by Gasteiger charge is -2.07. The van der Waals surface area contributed by atoms with Gasteiger partial charge in [0.25, 0.3) is 0 Å². The number of alkyl halides is 1. The van der Waals surface area contributed by atoms with Crippen LogP contribution in [0.5, 0.6) is 5.75 Å². The van der Waals surface area contributed by atoms with Gasteiger partial charge in [0.1, 0.15) is 5.75 Å². The molecule has 0 heterocycles. The third kappa shape index (κ3) is 3.04. The molecular weight excluding hydrogens is 247 g/mol. The predicted molar refractivity (Wildman–Crippen MR) is 56.3 cm³/mol. The summed E-state index contributed by atoms with van der Waals surface area (Å²) in [7, 11) is -3.74. The first-order chi connectivity index (χ1) is 6.42. The minimum Gasteiger partial charge on any atom is -0.381 e. The van der Waals surface area contributed by atoms with Gasteiger partial charge in [-0.15, -0.1) is 11.6 Å². The fraction of sp³-hybridized carbons (Fsp3) is 0.250. The molecule has 78 valence electrons. The number of rotatable bonds is 3. The summed E-state index contributed by atoms with van der Waals surface area (Å²) in [5.41, 5.74) is 0. The van der Waals surface area contributed by atoms with Gasteiger partial charge in [-0.2, -0.15) is 8.42 Å². The molecule has 3 nitrogen and oxygen atoms in total. The Morgan fingerprint density at radius 1 is 1.29 bits per heavy atom. The first-order valence-electron chi connectivity index (χ1n) is 3.75. The number of benzene rings is 1.